The minimum Gasteiger partial charge on any atom is -0.504 e. The Morgan fingerprint density at radius 3 is 2.89 bits per heavy atom. The van der Waals surface area contributed by atoms with Gasteiger partial charge in [-0.05, 0) is 25.1 Å². The molecule has 0 aliphatic carbocycles. The van der Waals surface area contributed by atoms with Crippen molar-refractivity contribution < 1.29 is 14.6 Å². The Kier molecular flexibility index (Phi) is 3.47. The monoisotopic (exact) mass is 264 g/mol. The Balaban J connectivity index is 2.18. The number of thiazole rings is 1. The van der Waals surface area contributed by atoms with Gasteiger partial charge >= 0.3 is 0 Å². The number of phenols is 1. The van der Waals surface area contributed by atoms with Crippen LogP contribution in [0.25, 0.3) is 0 Å². The Hall–Kier alpha value is -2.08. The molecule has 0 radical (unpaired) electrons. The maximum Gasteiger partial charge on any atom is 0.257 e. The van der Waals surface area contributed by atoms with E-state index in [1.807, 2.05) is 12.3 Å². The Morgan fingerprint density at radius 2 is 2.28 bits per heavy atom. The molecule has 18 heavy (non-hydrogen) atoms. The summed E-state index contributed by atoms with van der Waals surface area (Å²) in [4.78, 5) is 16.1. The SMILES string of the molecule is COc1cc(C(=O)Nc2nc(C)cs2)ccc1O. The van der Waals surface area contributed by atoms with Crippen LogP contribution in [-0.4, -0.2) is 23.1 Å². The van der Waals surface area contributed by atoms with Crippen LogP contribution in [0.1, 0.15) is 16.1 Å². The summed E-state index contributed by atoms with van der Waals surface area (Å²) >= 11 is 1.36. The van der Waals surface area contributed by atoms with Gasteiger partial charge in [0.1, 0.15) is 0 Å². The average Bonchev–Trinajstić information content (AvgIpc) is 2.75. The molecule has 0 spiro atoms. The molecule has 0 unspecified atom stereocenters. The molecule has 2 aromatic rings. The number of nitrogens with zero attached hydrogens (tertiary/aromatic N) is 1. The van der Waals surface area contributed by atoms with Crippen molar-refractivity contribution in [2.24, 2.45) is 0 Å². The van der Waals surface area contributed by atoms with Gasteiger partial charge in [0.2, 0.25) is 0 Å². The van der Waals surface area contributed by atoms with Gasteiger partial charge in [-0.2, -0.15) is 0 Å². The highest BCUT2D eigenvalue weighted by molar-refractivity contribution is 7.13. The van der Waals surface area contributed by atoms with E-state index in [1.54, 1.807) is 0 Å². The van der Waals surface area contributed by atoms with Crippen LogP contribution in [0.3, 0.4) is 0 Å². The number of nitrogens with one attached hydrogen (secondary N) is 1. The molecule has 5 nitrogen and oxygen atoms in total. The molecule has 1 heterocycles. The van der Waals surface area contributed by atoms with Crippen molar-refractivity contribution >= 4 is 22.4 Å². The lowest BCUT2D eigenvalue weighted by atomic mass is 10.2. The maximum absolute atomic E-state index is 11.9. The predicted molar refractivity (Wildman–Crippen MR) is 69.5 cm³/mol. The molecule has 0 fully saturated rings. The number of hydrogen-bond donors (Lipinski definition) is 2. The lowest BCUT2D eigenvalue weighted by Gasteiger charge is -2.06. The van der Waals surface area contributed by atoms with E-state index in [4.69, 9.17) is 4.74 Å². The molecule has 0 saturated carbocycles. The zero-order valence-electron chi connectivity index (χ0n) is 9.93. The summed E-state index contributed by atoms with van der Waals surface area (Å²) in [6.07, 6.45) is 0. The highest BCUT2D eigenvalue weighted by atomic mass is 32.1. The Bertz CT molecular complexity index is 580. The summed E-state index contributed by atoms with van der Waals surface area (Å²) in [5.41, 5.74) is 1.26. The number of methoxy groups -OCH3 is 1. The zero-order chi connectivity index (χ0) is 13.1. The van der Waals surface area contributed by atoms with Crippen molar-refractivity contribution in [3.05, 3.63) is 34.8 Å². The number of carbonyl (C=O) groups excluding carboxylic acids is 1. The molecular weight excluding hydrogens is 252 g/mol. The largest absolute Gasteiger partial charge is 0.504 e. The van der Waals surface area contributed by atoms with Crippen molar-refractivity contribution in [3.63, 3.8) is 0 Å². The number of aromatic nitrogens is 1. The summed E-state index contributed by atoms with van der Waals surface area (Å²) in [6, 6.07) is 4.42. The summed E-state index contributed by atoms with van der Waals surface area (Å²) < 4.78 is 4.95. The summed E-state index contributed by atoms with van der Waals surface area (Å²) in [5, 5.41) is 14.5. The van der Waals surface area contributed by atoms with Crippen molar-refractivity contribution in [1.29, 1.82) is 0 Å². The molecule has 0 bridgehead atoms. The fourth-order valence-corrected chi connectivity index (χ4v) is 2.08. The van der Waals surface area contributed by atoms with Gasteiger partial charge in [-0.3, -0.25) is 10.1 Å². The molecule has 1 aromatic carbocycles. The van der Waals surface area contributed by atoms with Crippen molar-refractivity contribution in [3.8, 4) is 11.5 Å². The van der Waals surface area contributed by atoms with Crippen LogP contribution >= 0.6 is 11.3 Å². The number of anilines is 1. The lowest BCUT2D eigenvalue weighted by molar-refractivity contribution is 0.102. The number of hydrogen-bond acceptors (Lipinski definition) is 5. The van der Waals surface area contributed by atoms with E-state index in [0.717, 1.165) is 5.69 Å². The molecule has 2 N–H and O–H groups in total. The first-order valence-corrected chi connectivity index (χ1v) is 6.08. The van der Waals surface area contributed by atoms with Gasteiger partial charge in [0.15, 0.2) is 16.6 Å². The maximum atomic E-state index is 11.9. The molecule has 6 heteroatoms. The smallest absolute Gasteiger partial charge is 0.257 e. The van der Waals surface area contributed by atoms with E-state index in [0.29, 0.717) is 10.7 Å². The second-order valence-electron chi connectivity index (χ2n) is 3.63. The quantitative estimate of drug-likeness (QED) is 0.893. The molecule has 0 aliphatic heterocycles. The predicted octanol–water partition coefficient (Wildman–Crippen LogP) is 2.42. The fourth-order valence-electron chi connectivity index (χ4n) is 1.40. The summed E-state index contributed by atoms with van der Waals surface area (Å²) in [7, 11) is 1.43. The van der Waals surface area contributed by atoms with Crippen LogP contribution in [0.4, 0.5) is 5.13 Å². The number of aromatic hydroxyl groups is 1. The van der Waals surface area contributed by atoms with Crippen LogP contribution < -0.4 is 10.1 Å². The number of phenolic OH excluding ortho intramolecular Hbond substituents is 1. The number of amides is 1. The molecule has 94 valence electrons. The lowest BCUT2D eigenvalue weighted by Crippen LogP contribution is -2.11. The Labute approximate surface area is 108 Å². The normalized spacial score (nSPS) is 10.1. The van der Waals surface area contributed by atoms with E-state index >= 15 is 0 Å². The molecule has 0 aliphatic rings. The van der Waals surface area contributed by atoms with Gasteiger partial charge in [0, 0.05) is 10.9 Å². The molecule has 1 aromatic heterocycles. The van der Waals surface area contributed by atoms with Crippen molar-refractivity contribution in [2.75, 3.05) is 12.4 Å². The van der Waals surface area contributed by atoms with E-state index < -0.39 is 0 Å². The van der Waals surface area contributed by atoms with E-state index in [-0.39, 0.29) is 17.4 Å². The molecule has 0 atom stereocenters. The van der Waals surface area contributed by atoms with Gasteiger partial charge in [-0.1, -0.05) is 0 Å². The Morgan fingerprint density at radius 1 is 1.50 bits per heavy atom. The van der Waals surface area contributed by atoms with Gasteiger partial charge < -0.3 is 9.84 Å². The van der Waals surface area contributed by atoms with E-state index in [2.05, 4.69) is 10.3 Å². The second kappa shape index (κ2) is 5.05. The number of carbonyl (C=O) groups is 1. The van der Waals surface area contributed by atoms with E-state index in [9.17, 15) is 9.90 Å². The molecule has 1 amide bonds. The topological polar surface area (TPSA) is 71.5 Å². The second-order valence-corrected chi connectivity index (χ2v) is 4.49. The minimum atomic E-state index is -0.289. The molecule has 0 saturated heterocycles. The average molecular weight is 264 g/mol. The number of rotatable bonds is 3. The van der Waals surface area contributed by atoms with Crippen molar-refractivity contribution in [1.82, 2.24) is 4.98 Å². The number of benzene rings is 1. The first kappa shape index (κ1) is 12.4. The first-order chi connectivity index (χ1) is 8.60. The van der Waals surface area contributed by atoms with Crippen LogP contribution in [0, 0.1) is 6.92 Å². The third-order valence-electron chi connectivity index (χ3n) is 2.28. The minimum absolute atomic E-state index is 0.000793. The van der Waals surface area contributed by atoms with Crippen molar-refractivity contribution in [2.45, 2.75) is 6.92 Å². The van der Waals surface area contributed by atoms with Gasteiger partial charge in [-0.25, -0.2) is 4.98 Å². The van der Waals surface area contributed by atoms with Crippen LogP contribution in [0.5, 0.6) is 11.5 Å². The molecule has 2 rings (SSSR count). The highest BCUT2D eigenvalue weighted by Crippen LogP contribution is 2.26. The first-order valence-electron chi connectivity index (χ1n) is 5.20. The number of ether oxygens (including phenoxy) is 1. The zero-order valence-corrected chi connectivity index (χ0v) is 10.7. The standard InChI is InChI=1S/C12H12N2O3S/c1-7-6-18-12(13-7)14-11(16)8-3-4-9(15)10(5-8)17-2/h3-6,15H,1-2H3,(H,13,14,16). The number of aryl methyl sites for hydroxylation is 1. The molecular formula is C12H12N2O3S. The van der Waals surface area contributed by atoms with Crippen LogP contribution in [-0.2, 0) is 0 Å². The van der Waals surface area contributed by atoms with E-state index in [1.165, 1.54) is 36.6 Å². The fraction of sp³-hybridized carbons (Fsp3) is 0.167. The van der Waals surface area contributed by atoms with Crippen LogP contribution in [0.15, 0.2) is 23.6 Å². The van der Waals surface area contributed by atoms with Gasteiger partial charge in [-0.15, -0.1) is 11.3 Å². The third kappa shape index (κ3) is 2.60. The van der Waals surface area contributed by atoms with Gasteiger partial charge in [0.05, 0.1) is 12.8 Å². The van der Waals surface area contributed by atoms with Crippen LogP contribution in [0.2, 0.25) is 0 Å². The van der Waals surface area contributed by atoms with Gasteiger partial charge in [0.25, 0.3) is 5.91 Å². The highest BCUT2D eigenvalue weighted by Gasteiger charge is 2.11. The third-order valence-corrected chi connectivity index (χ3v) is 3.16. The summed E-state index contributed by atoms with van der Waals surface area (Å²) in [5.74, 6) is -0.0280. The summed E-state index contributed by atoms with van der Waals surface area (Å²) in [6.45, 7) is 1.86.